The lowest BCUT2D eigenvalue weighted by molar-refractivity contribution is -0.134. The monoisotopic (exact) mass is 1220 g/mol. The van der Waals surface area contributed by atoms with Crippen molar-refractivity contribution in [2.24, 2.45) is 22.9 Å². The highest BCUT2D eigenvalue weighted by molar-refractivity contribution is 6.01. The molecule has 4 aromatic carbocycles. The Morgan fingerprint density at radius 3 is 1.69 bits per heavy atom. The van der Waals surface area contributed by atoms with Crippen LogP contribution < -0.4 is 50.3 Å². The van der Waals surface area contributed by atoms with Crippen LogP contribution in [0.3, 0.4) is 0 Å². The quantitative estimate of drug-likeness (QED) is 0.0184. The zero-order valence-corrected chi connectivity index (χ0v) is 51.9. The molecule has 0 radical (unpaired) electrons. The number of anilines is 3. The summed E-state index contributed by atoms with van der Waals surface area (Å²) in [6.45, 7) is 2.84. The molecule has 10 rings (SSSR count). The number of fused-ring (bicyclic) bond motifs is 1. The summed E-state index contributed by atoms with van der Waals surface area (Å²) in [5.41, 5.74) is 31.5. The van der Waals surface area contributed by atoms with E-state index in [0.29, 0.717) is 62.4 Å². The number of carbonyl (C=O) groups excluding carboxylic acids is 6. The molecule has 12 N–H and O–H groups in total. The van der Waals surface area contributed by atoms with Gasteiger partial charge in [0.2, 0.25) is 29.5 Å². The minimum atomic E-state index is -0.977. The predicted octanol–water partition coefficient (Wildman–Crippen LogP) is 7.39. The fourth-order valence-electron chi connectivity index (χ4n) is 13.6. The van der Waals surface area contributed by atoms with Gasteiger partial charge in [0.25, 0.3) is 5.91 Å². The van der Waals surface area contributed by atoms with Crippen molar-refractivity contribution in [2.75, 3.05) is 82.5 Å². The zero-order chi connectivity index (χ0) is 63.2. The molecule has 5 aromatic rings. The number of hydrogen-bond donors (Lipinski definition) is 8. The number of nitrogens with two attached hydrogens (primary N) is 4. The van der Waals surface area contributed by atoms with Gasteiger partial charge in [-0.25, -0.2) is 9.59 Å². The van der Waals surface area contributed by atoms with Crippen molar-refractivity contribution in [1.82, 2.24) is 19.7 Å². The lowest BCUT2D eigenvalue weighted by Crippen LogP contribution is -2.47. The van der Waals surface area contributed by atoms with Crippen LogP contribution in [0.2, 0.25) is 0 Å². The van der Waals surface area contributed by atoms with Crippen LogP contribution in [0.5, 0.6) is 0 Å². The fraction of sp³-hybridized carbons (Fsp3) is 0.529. The van der Waals surface area contributed by atoms with E-state index in [1.54, 1.807) is 19.0 Å². The maximum Gasteiger partial charge on any atom is 0.419 e. The smallest absolute Gasteiger partial charge is 0.378 e. The maximum absolute atomic E-state index is 14.7. The first-order valence-corrected chi connectivity index (χ1v) is 32.3. The molecule has 0 saturated carbocycles. The summed E-state index contributed by atoms with van der Waals surface area (Å²) < 4.78 is 10.7. The summed E-state index contributed by atoms with van der Waals surface area (Å²) in [5.74, 6) is -2.22. The Bertz CT molecular complexity index is 3400. The van der Waals surface area contributed by atoms with Crippen LogP contribution in [0.25, 0.3) is 10.9 Å². The SMILES string of the molecule is CN(CCOCCN(C)C(=O)[C@@H]1C[C@H](N)CN1C(=O)c1ccc2c(=O)oc(=O)[nH]c2c1)C(=O)CCC12c3cc(NC(=O)CCCCCCCN)ccc3C(c3ccc(NC(=O)CCCCCCCN)cc31)C1c3cc(NC(=O)CCCCCCCN)cc2c31. The Balaban J connectivity index is 0.934. The molecule has 1 saturated heterocycles. The van der Waals surface area contributed by atoms with Gasteiger partial charge in [-0.1, -0.05) is 69.9 Å². The number of H-pyrrole nitrogens is 1. The lowest BCUT2D eigenvalue weighted by Gasteiger charge is -2.44. The summed E-state index contributed by atoms with van der Waals surface area (Å²) in [6.07, 6.45) is 15.9. The number of amides is 6. The minimum absolute atomic E-state index is 0.00176. The van der Waals surface area contributed by atoms with Gasteiger partial charge in [0.15, 0.2) is 0 Å². The second-order valence-electron chi connectivity index (χ2n) is 24.8. The number of aromatic amines is 1. The first-order chi connectivity index (χ1) is 43.1. The maximum atomic E-state index is 14.7. The van der Waals surface area contributed by atoms with Gasteiger partial charge in [-0.05, 0) is 165 Å². The first kappa shape index (κ1) is 65.9. The molecule has 1 unspecified atom stereocenters. The molecule has 21 nitrogen and oxygen atoms in total. The molecule has 1 fully saturated rings. The summed E-state index contributed by atoms with van der Waals surface area (Å²) >= 11 is 0. The average molecular weight is 1220 g/mol. The van der Waals surface area contributed by atoms with E-state index >= 15 is 0 Å². The van der Waals surface area contributed by atoms with E-state index in [0.717, 1.165) is 130 Å². The molecule has 478 valence electrons. The number of unbranched alkanes of at least 4 members (excludes halogenated alkanes) is 12. The topological polar surface area (TPSA) is 325 Å². The van der Waals surface area contributed by atoms with Gasteiger partial charge < -0.3 is 62.7 Å². The van der Waals surface area contributed by atoms with Gasteiger partial charge in [0, 0.05) is 105 Å². The molecule has 1 aromatic heterocycles. The highest BCUT2D eigenvalue weighted by atomic mass is 16.5. The van der Waals surface area contributed by atoms with Crippen molar-refractivity contribution in [2.45, 2.75) is 164 Å². The van der Waals surface area contributed by atoms with E-state index in [1.165, 1.54) is 33.6 Å². The lowest BCUT2D eigenvalue weighted by atomic mass is 9.59. The van der Waals surface area contributed by atoms with Crippen LogP contribution in [0.15, 0.2) is 80.7 Å². The van der Waals surface area contributed by atoms with E-state index < -0.39 is 34.8 Å². The number of likely N-dealkylation sites (tertiary alicyclic amines) is 1. The van der Waals surface area contributed by atoms with Crippen LogP contribution in [0, 0.1) is 0 Å². The van der Waals surface area contributed by atoms with Crippen LogP contribution in [-0.4, -0.2) is 134 Å². The van der Waals surface area contributed by atoms with E-state index in [1.807, 2.05) is 12.1 Å². The van der Waals surface area contributed by atoms with Crippen molar-refractivity contribution >= 4 is 63.4 Å². The summed E-state index contributed by atoms with van der Waals surface area (Å²) in [6, 6.07) is 19.5. The van der Waals surface area contributed by atoms with Crippen LogP contribution in [0.4, 0.5) is 17.1 Å². The molecule has 5 aliphatic rings. The molecular weight excluding hydrogens is 1130 g/mol. The molecule has 1 aliphatic heterocycles. The fourth-order valence-corrected chi connectivity index (χ4v) is 13.6. The zero-order valence-electron chi connectivity index (χ0n) is 51.9. The predicted molar refractivity (Wildman–Crippen MR) is 345 cm³/mol. The Morgan fingerprint density at radius 2 is 1.12 bits per heavy atom. The van der Waals surface area contributed by atoms with Crippen molar-refractivity contribution in [3.05, 3.63) is 132 Å². The minimum Gasteiger partial charge on any atom is -0.378 e. The molecular formula is C68H91N11O10. The van der Waals surface area contributed by atoms with Crippen molar-refractivity contribution in [3.8, 4) is 0 Å². The second kappa shape index (κ2) is 30.8. The van der Waals surface area contributed by atoms with E-state index in [-0.39, 0.29) is 104 Å². The number of ether oxygens (including phenoxy) is 1. The van der Waals surface area contributed by atoms with Gasteiger partial charge in [0.1, 0.15) is 6.04 Å². The highest BCUT2D eigenvalue weighted by Gasteiger charge is 2.58. The van der Waals surface area contributed by atoms with Gasteiger partial charge in [-0.15, -0.1) is 0 Å². The van der Waals surface area contributed by atoms with Crippen molar-refractivity contribution < 1.29 is 37.9 Å². The molecule has 89 heavy (non-hydrogen) atoms. The Morgan fingerprint density at radius 1 is 0.607 bits per heavy atom. The number of likely N-dealkylation sites (N-methyl/N-ethyl adjacent to an activating group) is 2. The summed E-state index contributed by atoms with van der Waals surface area (Å²) in [7, 11) is 3.37. The third-order valence-electron chi connectivity index (χ3n) is 18.4. The molecule has 2 heterocycles. The highest BCUT2D eigenvalue weighted by Crippen LogP contribution is 2.69. The van der Waals surface area contributed by atoms with Gasteiger partial charge >= 0.3 is 11.4 Å². The Labute approximate surface area is 520 Å². The number of benzene rings is 4. The summed E-state index contributed by atoms with van der Waals surface area (Å²) in [5, 5.41) is 9.81. The first-order valence-electron chi connectivity index (χ1n) is 32.3. The van der Waals surface area contributed by atoms with Crippen molar-refractivity contribution in [1.29, 1.82) is 0 Å². The largest absolute Gasteiger partial charge is 0.419 e. The third-order valence-corrected chi connectivity index (χ3v) is 18.4. The van der Waals surface area contributed by atoms with Crippen LogP contribution in [0.1, 0.15) is 196 Å². The molecule has 21 heteroatoms. The van der Waals surface area contributed by atoms with Gasteiger partial charge in [0.05, 0.1) is 24.1 Å². The number of nitrogens with one attached hydrogen (secondary N) is 4. The van der Waals surface area contributed by atoms with Gasteiger partial charge in [-0.2, -0.15) is 0 Å². The van der Waals surface area contributed by atoms with Crippen LogP contribution in [-0.2, 0) is 34.1 Å². The number of aromatic nitrogens is 1. The van der Waals surface area contributed by atoms with E-state index in [4.69, 9.17) is 27.7 Å². The van der Waals surface area contributed by atoms with Gasteiger partial charge in [-0.3, -0.25) is 33.8 Å². The molecule has 2 bridgehead atoms. The number of carbonyl (C=O) groups is 6. The van der Waals surface area contributed by atoms with E-state index in [9.17, 15) is 38.4 Å². The van der Waals surface area contributed by atoms with E-state index in [2.05, 4.69) is 61.7 Å². The third kappa shape index (κ3) is 15.7. The normalized spacial score (nSPS) is 18.2. The average Bonchev–Trinajstić information content (AvgIpc) is 1.51. The molecule has 0 spiro atoms. The molecule has 4 aliphatic carbocycles. The van der Waals surface area contributed by atoms with Crippen molar-refractivity contribution in [3.63, 3.8) is 0 Å². The van der Waals surface area contributed by atoms with Crippen LogP contribution >= 0.6 is 0 Å². The number of rotatable bonds is 35. The number of nitrogens with zero attached hydrogens (tertiary/aromatic N) is 3. The summed E-state index contributed by atoms with van der Waals surface area (Å²) in [4.78, 5) is 115. The number of hydrogen-bond acceptors (Lipinski definition) is 14. The molecule has 3 atom stereocenters. The standard InChI is InChI=1S/C68H91N11O10/c1-77(32-34-88-35-33-78(2)65(85)56-37-44(72)42-79(56)64(84)43-21-24-50-55(36-43)76-67(87)89-66(50)86)60(83)27-28-68-52-39-45(73-57(80)18-12-6-3-9-15-29-69)22-25-48(52)61(49-26-23-46(40-53(49)68)74-58(81)19-13-7-4-10-16-30-70)63-51-38-47(41-54(68)62(51)63)75-59(82)20-14-8-5-11-17-31-71/h21-26,36,38-41,44,56,61,63H,3-20,27-35,37,42,69-72H2,1-2H3,(H,73,80)(H,74,81)(H,75,82)(H,76,87)/t44-,56-,61?,63?,68?/m0/s1. The Kier molecular flexibility index (Phi) is 22.8. The second-order valence-corrected chi connectivity index (χ2v) is 24.8. The molecule has 6 amide bonds. The Hall–Kier alpha value is -7.56.